The van der Waals surface area contributed by atoms with Crippen molar-refractivity contribution in [3.63, 3.8) is 0 Å². The lowest BCUT2D eigenvalue weighted by Gasteiger charge is -2.15. The molecular formula is C31H37N5O. The monoisotopic (exact) mass is 495 g/mol. The van der Waals surface area contributed by atoms with Crippen LogP contribution < -0.4 is 5.32 Å². The highest BCUT2D eigenvalue weighted by atomic mass is 16.1. The molecule has 0 spiro atoms. The first-order chi connectivity index (χ1) is 17.8. The molecular weight excluding hydrogens is 458 g/mol. The van der Waals surface area contributed by atoms with Crippen LogP contribution in [0, 0.1) is 34.6 Å². The molecule has 37 heavy (non-hydrogen) atoms. The first kappa shape index (κ1) is 25.2. The summed E-state index contributed by atoms with van der Waals surface area (Å²) in [5.74, 6) is 0.0220. The summed E-state index contributed by atoms with van der Waals surface area (Å²) in [7, 11) is 0. The van der Waals surface area contributed by atoms with Crippen molar-refractivity contribution >= 4 is 22.6 Å². The molecule has 192 valence electrons. The van der Waals surface area contributed by atoms with Gasteiger partial charge in [-0.15, -0.1) is 0 Å². The largest absolute Gasteiger partial charge is 0.326 e. The van der Waals surface area contributed by atoms with Gasteiger partial charge in [-0.25, -0.2) is 9.67 Å². The SMILES string of the molecule is Cc1ccc(-n2nc(C)c3c(C)c(CCC(=O)Nc4ccc(CN5CCCC5)cc4)c(C)nc32)cc1C. The van der Waals surface area contributed by atoms with Gasteiger partial charge < -0.3 is 5.32 Å². The van der Waals surface area contributed by atoms with Crippen LogP contribution in [0.15, 0.2) is 42.5 Å². The van der Waals surface area contributed by atoms with Crippen molar-refractivity contribution in [2.75, 3.05) is 18.4 Å². The van der Waals surface area contributed by atoms with Gasteiger partial charge in [0, 0.05) is 29.7 Å². The van der Waals surface area contributed by atoms with Gasteiger partial charge >= 0.3 is 0 Å². The minimum atomic E-state index is 0.0220. The number of hydrogen-bond acceptors (Lipinski definition) is 4. The van der Waals surface area contributed by atoms with Crippen LogP contribution in [-0.2, 0) is 17.8 Å². The minimum absolute atomic E-state index is 0.0220. The van der Waals surface area contributed by atoms with Crippen LogP contribution in [0.3, 0.4) is 0 Å². The van der Waals surface area contributed by atoms with Gasteiger partial charge in [0.25, 0.3) is 0 Å². The molecule has 1 saturated heterocycles. The van der Waals surface area contributed by atoms with Crippen molar-refractivity contribution < 1.29 is 4.79 Å². The molecule has 1 N–H and O–H groups in total. The number of carbonyl (C=O) groups is 1. The smallest absolute Gasteiger partial charge is 0.224 e. The molecule has 0 unspecified atom stereocenters. The van der Waals surface area contributed by atoms with E-state index in [1.54, 1.807) is 0 Å². The maximum Gasteiger partial charge on any atom is 0.224 e. The Bertz CT molecular complexity index is 1450. The normalized spacial score (nSPS) is 14.0. The van der Waals surface area contributed by atoms with Gasteiger partial charge in [0.1, 0.15) is 0 Å². The van der Waals surface area contributed by atoms with E-state index < -0.39 is 0 Å². The molecule has 4 aromatic rings. The number of benzene rings is 2. The molecule has 1 aliphatic heterocycles. The summed E-state index contributed by atoms with van der Waals surface area (Å²) in [6, 6.07) is 14.6. The Hall–Kier alpha value is -3.51. The molecule has 1 fully saturated rings. The Kier molecular flexibility index (Phi) is 7.11. The summed E-state index contributed by atoms with van der Waals surface area (Å²) in [4.78, 5) is 20.2. The van der Waals surface area contributed by atoms with Crippen LogP contribution >= 0.6 is 0 Å². The second kappa shape index (κ2) is 10.5. The first-order valence-electron chi connectivity index (χ1n) is 13.3. The van der Waals surface area contributed by atoms with Crippen LogP contribution in [0.2, 0.25) is 0 Å². The number of nitrogens with zero attached hydrogens (tertiary/aromatic N) is 4. The molecule has 0 saturated carbocycles. The van der Waals surface area contributed by atoms with Crippen LogP contribution in [0.4, 0.5) is 5.69 Å². The second-order valence-corrected chi connectivity index (χ2v) is 10.5. The lowest BCUT2D eigenvalue weighted by molar-refractivity contribution is -0.116. The Morgan fingerprint density at radius 2 is 1.65 bits per heavy atom. The number of pyridine rings is 1. The fourth-order valence-corrected chi connectivity index (χ4v) is 5.47. The van der Waals surface area contributed by atoms with Gasteiger partial charge in [-0.05, 0) is 119 Å². The number of carbonyl (C=O) groups excluding carboxylic acids is 1. The van der Waals surface area contributed by atoms with E-state index in [2.05, 4.69) is 61.3 Å². The lowest BCUT2D eigenvalue weighted by Crippen LogP contribution is -2.18. The van der Waals surface area contributed by atoms with E-state index in [0.29, 0.717) is 12.8 Å². The van der Waals surface area contributed by atoms with Crippen molar-refractivity contribution in [3.8, 4) is 5.69 Å². The Morgan fingerprint density at radius 3 is 2.35 bits per heavy atom. The number of fused-ring (bicyclic) bond motifs is 1. The highest BCUT2D eigenvalue weighted by Crippen LogP contribution is 2.29. The summed E-state index contributed by atoms with van der Waals surface area (Å²) >= 11 is 0. The fraction of sp³-hybridized carbons (Fsp3) is 0.387. The summed E-state index contributed by atoms with van der Waals surface area (Å²) < 4.78 is 1.95. The second-order valence-electron chi connectivity index (χ2n) is 10.5. The van der Waals surface area contributed by atoms with Gasteiger partial charge in [0.05, 0.1) is 11.4 Å². The number of likely N-dealkylation sites (tertiary alicyclic amines) is 1. The summed E-state index contributed by atoms with van der Waals surface area (Å²) in [5, 5.41) is 8.98. The van der Waals surface area contributed by atoms with Crippen LogP contribution in [0.1, 0.15) is 58.5 Å². The number of amides is 1. The Balaban J connectivity index is 1.29. The topological polar surface area (TPSA) is 63.1 Å². The molecule has 1 amide bonds. The van der Waals surface area contributed by atoms with Crippen LogP contribution in [0.25, 0.3) is 16.7 Å². The first-order valence-corrected chi connectivity index (χ1v) is 13.3. The van der Waals surface area contributed by atoms with Gasteiger partial charge in [-0.3, -0.25) is 9.69 Å². The Labute approximate surface area is 219 Å². The summed E-state index contributed by atoms with van der Waals surface area (Å²) in [5.41, 5.74) is 10.7. The third-order valence-electron chi connectivity index (χ3n) is 7.75. The average Bonchev–Trinajstić information content (AvgIpc) is 3.49. The molecule has 3 heterocycles. The van der Waals surface area contributed by atoms with Crippen molar-refractivity contribution in [2.24, 2.45) is 0 Å². The van der Waals surface area contributed by atoms with Gasteiger partial charge in [0.2, 0.25) is 5.91 Å². The summed E-state index contributed by atoms with van der Waals surface area (Å²) in [6.07, 6.45) is 3.65. The van der Waals surface area contributed by atoms with Gasteiger partial charge in [-0.2, -0.15) is 5.10 Å². The number of rotatable bonds is 7. The zero-order valence-corrected chi connectivity index (χ0v) is 22.7. The zero-order valence-electron chi connectivity index (χ0n) is 22.7. The van der Waals surface area contributed by atoms with E-state index in [9.17, 15) is 4.79 Å². The van der Waals surface area contributed by atoms with E-state index in [4.69, 9.17) is 10.1 Å². The molecule has 0 aliphatic carbocycles. The number of anilines is 1. The van der Waals surface area contributed by atoms with E-state index >= 15 is 0 Å². The number of aromatic nitrogens is 3. The average molecular weight is 496 g/mol. The van der Waals surface area contributed by atoms with Crippen molar-refractivity contribution in [3.05, 3.63) is 81.7 Å². The predicted molar refractivity (Wildman–Crippen MR) is 150 cm³/mol. The molecule has 6 heteroatoms. The van der Waals surface area contributed by atoms with Crippen molar-refractivity contribution in [1.29, 1.82) is 0 Å². The molecule has 0 radical (unpaired) electrons. The molecule has 0 atom stereocenters. The molecule has 2 aromatic carbocycles. The Morgan fingerprint density at radius 1 is 0.919 bits per heavy atom. The standard InChI is InChI=1S/C31H37N5O/c1-20-8-13-27(18-21(20)2)36-31-30(24(5)34-36)22(3)28(23(4)32-31)14-15-29(37)33-26-11-9-25(10-12-26)19-35-16-6-7-17-35/h8-13,18H,6-7,14-17,19H2,1-5H3,(H,33,37). The van der Waals surface area contributed by atoms with E-state index in [1.807, 2.05) is 30.7 Å². The molecule has 5 rings (SSSR count). The molecule has 6 nitrogen and oxygen atoms in total. The third kappa shape index (κ3) is 5.30. The van der Waals surface area contributed by atoms with Crippen molar-refractivity contribution in [2.45, 2.75) is 66.8 Å². The van der Waals surface area contributed by atoms with E-state index in [0.717, 1.165) is 51.5 Å². The van der Waals surface area contributed by atoms with Crippen LogP contribution in [0.5, 0.6) is 0 Å². The zero-order chi connectivity index (χ0) is 26.1. The number of nitrogens with one attached hydrogen (secondary N) is 1. The predicted octanol–water partition coefficient (Wildman–Crippen LogP) is 6.13. The molecule has 0 bridgehead atoms. The van der Waals surface area contributed by atoms with Crippen LogP contribution in [-0.4, -0.2) is 38.7 Å². The molecule has 2 aromatic heterocycles. The minimum Gasteiger partial charge on any atom is -0.326 e. The highest BCUT2D eigenvalue weighted by molar-refractivity contribution is 5.91. The fourth-order valence-electron chi connectivity index (χ4n) is 5.47. The lowest BCUT2D eigenvalue weighted by atomic mass is 9.99. The number of hydrogen-bond donors (Lipinski definition) is 1. The van der Waals surface area contributed by atoms with Gasteiger partial charge in [-0.1, -0.05) is 18.2 Å². The maximum atomic E-state index is 12.8. The highest BCUT2D eigenvalue weighted by Gasteiger charge is 2.18. The van der Waals surface area contributed by atoms with E-state index in [-0.39, 0.29) is 5.91 Å². The maximum absolute atomic E-state index is 12.8. The third-order valence-corrected chi connectivity index (χ3v) is 7.75. The van der Waals surface area contributed by atoms with E-state index in [1.165, 1.54) is 42.6 Å². The quantitative estimate of drug-likeness (QED) is 0.335. The summed E-state index contributed by atoms with van der Waals surface area (Å²) in [6.45, 7) is 13.8. The van der Waals surface area contributed by atoms with Gasteiger partial charge in [0.15, 0.2) is 5.65 Å². The van der Waals surface area contributed by atoms with Crippen molar-refractivity contribution in [1.82, 2.24) is 19.7 Å². The molecule has 1 aliphatic rings. The number of aryl methyl sites for hydroxylation is 5.